The fourth-order valence-corrected chi connectivity index (χ4v) is 3.57. The van der Waals surface area contributed by atoms with Gasteiger partial charge in [-0.3, -0.25) is 20.5 Å². The van der Waals surface area contributed by atoms with Gasteiger partial charge in [0.15, 0.2) is 0 Å². The second-order valence-electron chi connectivity index (χ2n) is 7.88. The first-order chi connectivity index (χ1) is 15.3. The van der Waals surface area contributed by atoms with Gasteiger partial charge in [-0.25, -0.2) is 0 Å². The van der Waals surface area contributed by atoms with Crippen molar-refractivity contribution in [3.63, 3.8) is 0 Å². The van der Waals surface area contributed by atoms with Gasteiger partial charge in [0.25, 0.3) is 5.91 Å². The fraction of sp³-hybridized carbons (Fsp3) is 0.458. The lowest BCUT2D eigenvalue weighted by molar-refractivity contribution is 0.0962. The molecule has 0 unspecified atom stereocenters. The largest absolute Gasteiger partial charge is 0.315 e. The Morgan fingerprint density at radius 3 is 2.19 bits per heavy atom. The summed E-state index contributed by atoms with van der Waals surface area (Å²) in [6.45, 7) is 9.20. The van der Waals surface area contributed by atoms with Crippen LogP contribution in [0.5, 0.6) is 0 Å². The minimum Gasteiger partial charge on any atom is -0.315 e. The van der Waals surface area contributed by atoms with E-state index >= 15 is 0 Å². The van der Waals surface area contributed by atoms with Gasteiger partial charge in [-0.2, -0.15) is 0 Å². The SMILES string of the molecule is O=C(NNc1ccccc1)c1ccc(CN2CCCNCCNCCCNCC2)cc1. The summed E-state index contributed by atoms with van der Waals surface area (Å²) in [7, 11) is 0. The molecule has 3 rings (SSSR count). The molecule has 1 heterocycles. The highest BCUT2D eigenvalue weighted by atomic mass is 16.2. The predicted octanol–water partition coefficient (Wildman–Crippen LogP) is 1.81. The molecule has 0 atom stereocenters. The number of benzene rings is 2. The summed E-state index contributed by atoms with van der Waals surface area (Å²) in [5.74, 6) is -0.140. The third-order valence-electron chi connectivity index (χ3n) is 5.33. The second-order valence-corrected chi connectivity index (χ2v) is 7.88. The van der Waals surface area contributed by atoms with Gasteiger partial charge in [0.1, 0.15) is 0 Å². The molecule has 31 heavy (non-hydrogen) atoms. The van der Waals surface area contributed by atoms with Gasteiger partial charge in [0.2, 0.25) is 0 Å². The van der Waals surface area contributed by atoms with Crippen LogP contribution in [0.25, 0.3) is 0 Å². The maximum atomic E-state index is 12.4. The first-order valence-electron chi connectivity index (χ1n) is 11.4. The molecule has 0 radical (unpaired) electrons. The Hall–Kier alpha value is -2.45. The van der Waals surface area contributed by atoms with E-state index in [1.807, 2.05) is 42.5 Å². The third-order valence-corrected chi connectivity index (χ3v) is 5.33. The van der Waals surface area contributed by atoms with Crippen LogP contribution < -0.4 is 26.8 Å². The topological polar surface area (TPSA) is 80.5 Å². The van der Waals surface area contributed by atoms with E-state index in [9.17, 15) is 4.79 Å². The molecule has 2 aromatic carbocycles. The number of nitrogens with one attached hydrogen (secondary N) is 5. The summed E-state index contributed by atoms with van der Waals surface area (Å²) < 4.78 is 0. The average molecular weight is 425 g/mol. The lowest BCUT2D eigenvalue weighted by Gasteiger charge is -2.23. The maximum Gasteiger partial charge on any atom is 0.269 e. The summed E-state index contributed by atoms with van der Waals surface area (Å²) in [6.07, 6.45) is 2.29. The predicted molar refractivity (Wildman–Crippen MR) is 127 cm³/mol. The molecule has 7 nitrogen and oxygen atoms in total. The number of carbonyl (C=O) groups is 1. The maximum absolute atomic E-state index is 12.4. The Balaban J connectivity index is 1.48. The lowest BCUT2D eigenvalue weighted by atomic mass is 10.1. The van der Waals surface area contributed by atoms with Crippen LogP contribution in [0.4, 0.5) is 5.69 Å². The highest BCUT2D eigenvalue weighted by Gasteiger charge is 2.09. The molecule has 1 saturated heterocycles. The third kappa shape index (κ3) is 9.06. The summed E-state index contributed by atoms with van der Waals surface area (Å²) >= 11 is 0. The second kappa shape index (κ2) is 13.8. The molecule has 1 aliphatic rings. The molecule has 0 bridgehead atoms. The van der Waals surface area contributed by atoms with Crippen molar-refractivity contribution in [3.8, 4) is 0 Å². The molecule has 0 aliphatic carbocycles. The van der Waals surface area contributed by atoms with E-state index in [0.29, 0.717) is 5.56 Å². The van der Waals surface area contributed by atoms with E-state index in [0.717, 1.165) is 77.4 Å². The first kappa shape index (κ1) is 23.2. The van der Waals surface area contributed by atoms with Crippen LogP contribution >= 0.6 is 0 Å². The van der Waals surface area contributed by atoms with Gasteiger partial charge < -0.3 is 16.0 Å². The Labute approximate surface area is 186 Å². The average Bonchev–Trinajstić information content (AvgIpc) is 2.81. The molecule has 1 amide bonds. The number of para-hydroxylation sites is 1. The van der Waals surface area contributed by atoms with Gasteiger partial charge in [-0.1, -0.05) is 30.3 Å². The highest BCUT2D eigenvalue weighted by Crippen LogP contribution is 2.09. The lowest BCUT2D eigenvalue weighted by Crippen LogP contribution is -2.36. The number of rotatable bonds is 5. The van der Waals surface area contributed by atoms with E-state index in [1.165, 1.54) is 5.56 Å². The molecule has 168 valence electrons. The van der Waals surface area contributed by atoms with Crippen molar-refractivity contribution < 1.29 is 4.79 Å². The van der Waals surface area contributed by atoms with Crippen molar-refractivity contribution in [3.05, 3.63) is 65.7 Å². The Morgan fingerprint density at radius 2 is 1.45 bits per heavy atom. The molecule has 1 fully saturated rings. The van der Waals surface area contributed by atoms with Crippen molar-refractivity contribution in [2.24, 2.45) is 0 Å². The van der Waals surface area contributed by atoms with Gasteiger partial charge in [-0.05, 0) is 68.8 Å². The van der Waals surface area contributed by atoms with E-state index < -0.39 is 0 Å². The van der Waals surface area contributed by atoms with Gasteiger partial charge in [0, 0.05) is 38.3 Å². The fourth-order valence-electron chi connectivity index (χ4n) is 3.57. The van der Waals surface area contributed by atoms with Crippen molar-refractivity contribution in [2.45, 2.75) is 19.4 Å². The van der Waals surface area contributed by atoms with E-state index in [1.54, 1.807) is 0 Å². The van der Waals surface area contributed by atoms with Crippen LogP contribution in [0.15, 0.2) is 54.6 Å². The van der Waals surface area contributed by atoms with Crippen molar-refractivity contribution in [1.82, 2.24) is 26.3 Å². The zero-order valence-corrected chi connectivity index (χ0v) is 18.3. The molecule has 5 N–H and O–H groups in total. The number of nitrogens with zero attached hydrogens (tertiary/aromatic N) is 1. The molecule has 1 aliphatic heterocycles. The van der Waals surface area contributed by atoms with Crippen LogP contribution in [0.3, 0.4) is 0 Å². The molecular formula is C24H36N6O. The number of hydrazine groups is 1. The number of carbonyl (C=O) groups excluding carboxylic acids is 1. The highest BCUT2D eigenvalue weighted by molar-refractivity contribution is 5.94. The summed E-state index contributed by atoms with van der Waals surface area (Å²) in [5.41, 5.74) is 8.41. The normalized spacial score (nSPS) is 17.4. The molecule has 7 heteroatoms. The molecule has 0 aromatic heterocycles. The molecule has 0 spiro atoms. The van der Waals surface area contributed by atoms with Gasteiger partial charge in [-0.15, -0.1) is 0 Å². The first-order valence-corrected chi connectivity index (χ1v) is 11.4. The minimum absolute atomic E-state index is 0.140. The summed E-state index contributed by atoms with van der Waals surface area (Å²) in [6, 6.07) is 17.5. The van der Waals surface area contributed by atoms with Crippen molar-refractivity contribution in [2.75, 3.05) is 57.8 Å². The quantitative estimate of drug-likeness (QED) is 0.471. The van der Waals surface area contributed by atoms with Gasteiger partial charge in [0.05, 0.1) is 5.69 Å². The zero-order chi connectivity index (χ0) is 21.6. The Morgan fingerprint density at radius 1 is 0.774 bits per heavy atom. The Kier molecular flexibility index (Phi) is 10.3. The number of anilines is 1. The number of amides is 1. The van der Waals surface area contributed by atoms with Crippen LogP contribution in [-0.4, -0.2) is 63.2 Å². The monoisotopic (exact) mass is 424 g/mol. The molecule has 0 saturated carbocycles. The minimum atomic E-state index is -0.140. The van der Waals surface area contributed by atoms with E-state index in [-0.39, 0.29) is 5.91 Å². The van der Waals surface area contributed by atoms with Crippen LogP contribution in [0.2, 0.25) is 0 Å². The van der Waals surface area contributed by atoms with E-state index in [2.05, 4.69) is 43.8 Å². The Bertz CT molecular complexity index is 738. The van der Waals surface area contributed by atoms with Crippen LogP contribution in [0, 0.1) is 0 Å². The smallest absolute Gasteiger partial charge is 0.269 e. The van der Waals surface area contributed by atoms with Crippen LogP contribution in [-0.2, 0) is 6.54 Å². The number of hydrogen-bond donors (Lipinski definition) is 5. The zero-order valence-electron chi connectivity index (χ0n) is 18.3. The summed E-state index contributed by atoms with van der Waals surface area (Å²) in [5, 5.41) is 10.5. The standard InChI is InChI=1S/C24H36N6O/c31-24(29-28-23-6-2-1-3-7-23)22-10-8-21(9-11-22)20-30-18-5-14-26-16-15-25-12-4-13-27-17-19-30/h1-3,6-11,25-28H,4-5,12-20H2,(H,29,31). The van der Waals surface area contributed by atoms with Gasteiger partial charge >= 0.3 is 0 Å². The number of hydrogen-bond acceptors (Lipinski definition) is 6. The summed E-state index contributed by atoms with van der Waals surface area (Å²) in [4.78, 5) is 14.9. The molecular weight excluding hydrogens is 388 g/mol. The van der Waals surface area contributed by atoms with Crippen molar-refractivity contribution in [1.29, 1.82) is 0 Å². The van der Waals surface area contributed by atoms with E-state index in [4.69, 9.17) is 0 Å². The van der Waals surface area contributed by atoms with Crippen LogP contribution in [0.1, 0.15) is 28.8 Å². The van der Waals surface area contributed by atoms with Crippen molar-refractivity contribution >= 4 is 11.6 Å². The molecule has 2 aromatic rings.